The van der Waals surface area contributed by atoms with Crippen LogP contribution in [0.25, 0.3) is 0 Å². The van der Waals surface area contributed by atoms with Gasteiger partial charge in [0, 0.05) is 30.7 Å². The highest BCUT2D eigenvalue weighted by atomic mass is 19.1. The summed E-state index contributed by atoms with van der Waals surface area (Å²) in [6, 6.07) is 6.73. The third-order valence-electron chi connectivity index (χ3n) is 2.88. The summed E-state index contributed by atoms with van der Waals surface area (Å²) in [6.07, 6.45) is 5.04. The number of hydrogen-bond acceptors (Lipinski definition) is 3. The second-order valence-electron chi connectivity index (χ2n) is 4.30. The molecule has 4 heteroatoms. The standard InChI is InChI=1S/C14H16FN3/c1-10(12-4-3-5-13(15)8-12)18-11(2)14-9-16-6-7-17-14/h3-11,18H,1-2H3. The Balaban J connectivity index is 2.05. The van der Waals surface area contributed by atoms with Crippen LogP contribution in [-0.4, -0.2) is 9.97 Å². The number of rotatable bonds is 4. The number of nitrogens with zero attached hydrogens (tertiary/aromatic N) is 2. The Morgan fingerprint density at radius 2 is 2.00 bits per heavy atom. The molecular weight excluding hydrogens is 229 g/mol. The third-order valence-corrected chi connectivity index (χ3v) is 2.88. The Bertz CT molecular complexity index is 501. The molecule has 0 spiro atoms. The zero-order valence-electron chi connectivity index (χ0n) is 10.5. The number of aromatic nitrogens is 2. The highest BCUT2D eigenvalue weighted by molar-refractivity contribution is 5.20. The van der Waals surface area contributed by atoms with Crippen molar-refractivity contribution in [2.24, 2.45) is 0 Å². The third kappa shape index (κ3) is 3.11. The van der Waals surface area contributed by atoms with Crippen molar-refractivity contribution in [1.82, 2.24) is 15.3 Å². The molecular formula is C14H16FN3. The van der Waals surface area contributed by atoms with Crippen LogP contribution in [0.5, 0.6) is 0 Å². The van der Waals surface area contributed by atoms with E-state index in [1.54, 1.807) is 30.7 Å². The van der Waals surface area contributed by atoms with Crippen molar-refractivity contribution in [3.63, 3.8) is 0 Å². The summed E-state index contributed by atoms with van der Waals surface area (Å²) in [5.41, 5.74) is 1.80. The van der Waals surface area contributed by atoms with E-state index in [0.29, 0.717) is 0 Å². The molecule has 0 saturated heterocycles. The van der Waals surface area contributed by atoms with Gasteiger partial charge in [-0.2, -0.15) is 0 Å². The maximum absolute atomic E-state index is 13.1. The Labute approximate surface area is 106 Å². The molecule has 1 aromatic carbocycles. The van der Waals surface area contributed by atoms with E-state index in [0.717, 1.165) is 11.3 Å². The minimum atomic E-state index is -0.215. The van der Waals surface area contributed by atoms with Gasteiger partial charge in [0.25, 0.3) is 0 Å². The van der Waals surface area contributed by atoms with Gasteiger partial charge in [0.05, 0.1) is 5.69 Å². The lowest BCUT2D eigenvalue weighted by Gasteiger charge is -2.19. The lowest BCUT2D eigenvalue weighted by molar-refractivity contribution is 0.482. The van der Waals surface area contributed by atoms with E-state index < -0.39 is 0 Å². The van der Waals surface area contributed by atoms with Gasteiger partial charge in [0.2, 0.25) is 0 Å². The lowest BCUT2D eigenvalue weighted by Crippen LogP contribution is -2.23. The molecule has 2 rings (SSSR count). The van der Waals surface area contributed by atoms with Crippen LogP contribution in [0.4, 0.5) is 4.39 Å². The van der Waals surface area contributed by atoms with Gasteiger partial charge in [-0.05, 0) is 31.5 Å². The first kappa shape index (κ1) is 12.6. The predicted molar refractivity (Wildman–Crippen MR) is 68.4 cm³/mol. The molecule has 94 valence electrons. The van der Waals surface area contributed by atoms with Crippen molar-refractivity contribution >= 4 is 0 Å². The van der Waals surface area contributed by atoms with Crippen molar-refractivity contribution in [3.05, 3.63) is 59.9 Å². The summed E-state index contributed by atoms with van der Waals surface area (Å²) < 4.78 is 13.1. The summed E-state index contributed by atoms with van der Waals surface area (Å²) in [7, 11) is 0. The van der Waals surface area contributed by atoms with Gasteiger partial charge in [0.1, 0.15) is 5.82 Å². The van der Waals surface area contributed by atoms with Gasteiger partial charge in [-0.3, -0.25) is 9.97 Å². The first-order valence-corrected chi connectivity index (χ1v) is 5.94. The van der Waals surface area contributed by atoms with E-state index in [4.69, 9.17) is 0 Å². The van der Waals surface area contributed by atoms with Crippen LogP contribution in [0.3, 0.4) is 0 Å². The van der Waals surface area contributed by atoms with E-state index in [9.17, 15) is 4.39 Å². The Morgan fingerprint density at radius 1 is 1.17 bits per heavy atom. The van der Waals surface area contributed by atoms with Crippen LogP contribution in [0.2, 0.25) is 0 Å². The van der Waals surface area contributed by atoms with Crippen LogP contribution >= 0.6 is 0 Å². The average Bonchev–Trinajstić information content (AvgIpc) is 2.39. The molecule has 2 aromatic rings. The number of nitrogens with one attached hydrogen (secondary N) is 1. The maximum Gasteiger partial charge on any atom is 0.123 e. The summed E-state index contributed by atoms with van der Waals surface area (Å²) in [4.78, 5) is 8.28. The van der Waals surface area contributed by atoms with Gasteiger partial charge in [0.15, 0.2) is 0 Å². The molecule has 0 aliphatic carbocycles. The molecule has 1 heterocycles. The van der Waals surface area contributed by atoms with E-state index >= 15 is 0 Å². The summed E-state index contributed by atoms with van der Waals surface area (Å²) >= 11 is 0. The monoisotopic (exact) mass is 245 g/mol. The van der Waals surface area contributed by atoms with Crippen LogP contribution < -0.4 is 5.32 Å². The Kier molecular flexibility index (Phi) is 3.99. The van der Waals surface area contributed by atoms with Crippen molar-refractivity contribution in [1.29, 1.82) is 0 Å². The minimum absolute atomic E-state index is 0.0534. The molecule has 18 heavy (non-hydrogen) atoms. The smallest absolute Gasteiger partial charge is 0.123 e. The second-order valence-corrected chi connectivity index (χ2v) is 4.30. The first-order valence-electron chi connectivity index (χ1n) is 5.94. The normalized spacial score (nSPS) is 14.2. The second kappa shape index (κ2) is 5.69. The molecule has 0 bridgehead atoms. The molecule has 2 atom stereocenters. The van der Waals surface area contributed by atoms with E-state index in [2.05, 4.69) is 15.3 Å². The van der Waals surface area contributed by atoms with Crippen molar-refractivity contribution in [2.45, 2.75) is 25.9 Å². The lowest BCUT2D eigenvalue weighted by atomic mass is 10.1. The Hall–Kier alpha value is -1.81. The molecule has 0 aliphatic heterocycles. The van der Waals surface area contributed by atoms with Crippen LogP contribution in [0.15, 0.2) is 42.9 Å². The molecule has 0 radical (unpaired) electrons. The fourth-order valence-corrected chi connectivity index (χ4v) is 1.87. The largest absolute Gasteiger partial charge is 0.302 e. The van der Waals surface area contributed by atoms with Crippen molar-refractivity contribution in [3.8, 4) is 0 Å². The maximum atomic E-state index is 13.1. The number of benzene rings is 1. The number of hydrogen-bond donors (Lipinski definition) is 1. The van der Waals surface area contributed by atoms with Gasteiger partial charge in [-0.25, -0.2) is 4.39 Å². The van der Waals surface area contributed by atoms with Crippen LogP contribution in [-0.2, 0) is 0 Å². The van der Waals surface area contributed by atoms with Gasteiger partial charge >= 0.3 is 0 Å². The first-order chi connectivity index (χ1) is 8.66. The summed E-state index contributed by atoms with van der Waals surface area (Å²) in [5, 5.41) is 3.37. The SMILES string of the molecule is CC(NC(C)c1cnccn1)c1cccc(F)c1. The van der Waals surface area contributed by atoms with E-state index in [-0.39, 0.29) is 17.9 Å². The zero-order valence-corrected chi connectivity index (χ0v) is 10.5. The topological polar surface area (TPSA) is 37.8 Å². The van der Waals surface area contributed by atoms with Crippen molar-refractivity contribution in [2.75, 3.05) is 0 Å². The number of halogens is 1. The average molecular weight is 245 g/mol. The molecule has 2 unspecified atom stereocenters. The fourth-order valence-electron chi connectivity index (χ4n) is 1.87. The van der Waals surface area contributed by atoms with Gasteiger partial charge < -0.3 is 5.32 Å². The van der Waals surface area contributed by atoms with Gasteiger partial charge in [-0.15, -0.1) is 0 Å². The molecule has 0 aliphatic rings. The summed E-state index contributed by atoms with van der Waals surface area (Å²) in [6.45, 7) is 4.02. The van der Waals surface area contributed by atoms with E-state index in [1.165, 1.54) is 6.07 Å². The highest BCUT2D eigenvalue weighted by Crippen LogP contribution is 2.18. The fraction of sp³-hybridized carbons (Fsp3) is 0.286. The predicted octanol–water partition coefficient (Wildman–Crippen LogP) is 3.03. The van der Waals surface area contributed by atoms with Crippen LogP contribution in [0.1, 0.15) is 37.2 Å². The zero-order chi connectivity index (χ0) is 13.0. The molecule has 1 aromatic heterocycles. The van der Waals surface area contributed by atoms with Crippen molar-refractivity contribution < 1.29 is 4.39 Å². The molecule has 0 fully saturated rings. The minimum Gasteiger partial charge on any atom is -0.302 e. The molecule has 0 amide bonds. The van der Waals surface area contributed by atoms with Crippen LogP contribution in [0, 0.1) is 5.82 Å². The summed E-state index contributed by atoms with van der Waals surface area (Å²) in [5.74, 6) is -0.215. The quantitative estimate of drug-likeness (QED) is 0.899. The Morgan fingerprint density at radius 3 is 2.67 bits per heavy atom. The highest BCUT2D eigenvalue weighted by Gasteiger charge is 2.12. The molecule has 0 saturated carbocycles. The van der Waals surface area contributed by atoms with Gasteiger partial charge in [-0.1, -0.05) is 12.1 Å². The molecule has 1 N–H and O–H groups in total. The van der Waals surface area contributed by atoms with E-state index in [1.807, 2.05) is 19.9 Å². The molecule has 3 nitrogen and oxygen atoms in total.